The molecule has 0 spiro atoms. The van der Waals surface area contributed by atoms with Gasteiger partial charge in [0, 0.05) is 4.47 Å². The quantitative estimate of drug-likeness (QED) is 0.840. The molecule has 84 valence electrons. The summed E-state index contributed by atoms with van der Waals surface area (Å²) in [4.78, 5) is 13.5. The van der Waals surface area contributed by atoms with Crippen LogP contribution in [0.5, 0.6) is 5.75 Å². The van der Waals surface area contributed by atoms with Crippen LogP contribution in [-0.2, 0) is 4.79 Å². The summed E-state index contributed by atoms with van der Waals surface area (Å²) in [7, 11) is 0. The Balaban J connectivity index is 2.42. The molecule has 2 N–H and O–H groups in total. The average molecular weight is 301 g/mol. The van der Waals surface area contributed by atoms with Crippen LogP contribution in [0.3, 0.4) is 0 Å². The van der Waals surface area contributed by atoms with Crippen molar-refractivity contribution in [1.82, 2.24) is 0 Å². The Kier molecular flexibility index (Phi) is 3.11. The molecule has 1 aliphatic rings. The minimum absolute atomic E-state index is 0.0250. The van der Waals surface area contributed by atoms with Crippen LogP contribution in [0, 0.1) is 0 Å². The van der Waals surface area contributed by atoms with Gasteiger partial charge in [-0.2, -0.15) is 0 Å². The molecular formula is C10H9BrN2O2S. The van der Waals surface area contributed by atoms with Crippen LogP contribution in [0.4, 0.5) is 5.69 Å². The van der Waals surface area contributed by atoms with E-state index in [0.29, 0.717) is 11.4 Å². The molecular weight excluding hydrogens is 292 g/mol. The topological polar surface area (TPSA) is 55.6 Å². The Morgan fingerprint density at radius 2 is 2.38 bits per heavy atom. The van der Waals surface area contributed by atoms with E-state index in [9.17, 15) is 4.79 Å². The fourth-order valence-electron chi connectivity index (χ4n) is 1.50. The van der Waals surface area contributed by atoms with Gasteiger partial charge in [0.15, 0.2) is 6.61 Å². The molecule has 6 heteroatoms. The number of thiocarbonyl (C=S) groups is 1. The van der Waals surface area contributed by atoms with Crippen LogP contribution >= 0.6 is 28.1 Å². The standard InChI is InChI=1S/C10H9BrN2O2S/c11-6-1-2-8-7(3-6)13(4-9(12)16)10(14)5-15-8/h1-3H,4-5H2,(H2,12,16). The van der Waals surface area contributed by atoms with E-state index in [1.165, 1.54) is 4.90 Å². The number of anilines is 1. The minimum atomic E-state index is -0.140. The molecule has 0 bridgehead atoms. The number of fused-ring (bicyclic) bond motifs is 1. The molecule has 0 atom stereocenters. The summed E-state index contributed by atoms with van der Waals surface area (Å²) in [5.74, 6) is 0.525. The van der Waals surface area contributed by atoms with Gasteiger partial charge in [0.2, 0.25) is 0 Å². The highest BCUT2D eigenvalue weighted by atomic mass is 79.9. The van der Waals surface area contributed by atoms with Crippen molar-refractivity contribution in [3.05, 3.63) is 22.7 Å². The molecule has 16 heavy (non-hydrogen) atoms. The molecule has 0 saturated heterocycles. The fraction of sp³-hybridized carbons (Fsp3) is 0.200. The van der Waals surface area contributed by atoms with Crippen molar-refractivity contribution in [1.29, 1.82) is 0 Å². The third kappa shape index (κ3) is 2.17. The predicted octanol–water partition coefficient (Wildman–Crippen LogP) is 1.46. The van der Waals surface area contributed by atoms with Gasteiger partial charge in [-0.3, -0.25) is 9.69 Å². The molecule has 1 aliphatic heterocycles. The summed E-state index contributed by atoms with van der Waals surface area (Å²) in [6.07, 6.45) is 0. The van der Waals surface area contributed by atoms with Crippen LogP contribution < -0.4 is 15.4 Å². The van der Waals surface area contributed by atoms with Gasteiger partial charge in [0.1, 0.15) is 5.75 Å². The Labute approximate surface area is 106 Å². The van der Waals surface area contributed by atoms with Crippen molar-refractivity contribution in [2.24, 2.45) is 5.73 Å². The Morgan fingerprint density at radius 1 is 1.62 bits per heavy atom. The second-order valence-corrected chi connectivity index (χ2v) is 4.79. The largest absolute Gasteiger partial charge is 0.482 e. The molecule has 1 heterocycles. The summed E-state index contributed by atoms with van der Waals surface area (Å²) in [6, 6.07) is 5.47. The first-order valence-electron chi connectivity index (χ1n) is 4.59. The minimum Gasteiger partial charge on any atom is -0.482 e. The summed E-state index contributed by atoms with van der Waals surface area (Å²) in [5.41, 5.74) is 6.16. The third-order valence-corrected chi connectivity index (χ3v) is 2.80. The lowest BCUT2D eigenvalue weighted by Gasteiger charge is -2.29. The number of rotatable bonds is 2. The molecule has 0 radical (unpaired) electrons. The second-order valence-electron chi connectivity index (χ2n) is 3.35. The van der Waals surface area contributed by atoms with E-state index in [2.05, 4.69) is 15.9 Å². The zero-order chi connectivity index (χ0) is 11.7. The molecule has 0 aromatic heterocycles. The molecule has 1 aromatic rings. The SMILES string of the molecule is NC(=S)CN1C(=O)COc2ccc(Br)cc21. The lowest BCUT2D eigenvalue weighted by molar-refractivity contribution is -0.121. The van der Waals surface area contributed by atoms with Gasteiger partial charge < -0.3 is 10.5 Å². The number of nitrogens with zero attached hydrogens (tertiary/aromatic N) is 1. The van der Waals surface area contributed by atoms with Crippen molar-refractivity contribution in [3.63, 3.8) is 0 Å². The van der Waals surface area contributed by atoms with Gasteiger partial charge >= 0.3 is 0 Å². The van der Waals surface area contributed by atoms with Crippen molar-refractivity contribution in [2.75, 3.05) is 18.1 Å². The first-order valence-corrected chi connectivity index (χ1v) is 5.79. The molecule has 1 aromatic carbocycles. The van der Waals surface area contributed by atoms with Crippen molar-refractivity contribution in [3.8, 4) is 5.75 Å². The van der Waals surface area contributed by atoms with Gasteiger partial charge in [-0.25, -0.2) is 0 Å². The fourth-order valence-corrected chi connectivity index (χ4v) is 1.98. The number of nitrogens with two attached hydrogens (primary N) is 1. The predicted molar refractivity (Wildman–Crippen MR) is 68.8 cm³/mol. The third-order valence-electron chi connectivity index (χ3n) is 2.18. The van der Waals surface area contributed by atoms with Crippen molar-refractivity contribution in [2.45, 2.75) is 0 Å². The Hall–Kier alpha value is -1.14. The summed E-state index contributed by atoms with van der Waals surface area (Å²) < 4.78 is 6.18. The number of amides is 1. The number of carbonyl (C=O) groups is 1. The highest BCUT2D eigenvalue weighted by Gasteiger charge is 2.25. The van der Waals surface area contributed by atoms with Crippen LogP contribution in [0.15, 0.2) is 22.7 Å². The number of halogens is 1. The van der Waals surface area contributed by atoms with Crippen LogP contribution in [0.25, 0.3) is 0 Å². The van der Waals surface area contributed by atoms with Crippen molar-refractivity contribution >= 4 is 44.7 Å². The summed E-state index contributed by atoms with van der Waals surface area (Å²) in [5, 5.41) is 0. The maximum absolute atomic E-state index is 11.7. The van der Waals surface area contributed by atoms with Crippen molar-refractivity contribution < 1.29 is 9.53 Å². The summed E-state index contributed by atoms with van der Waals surface area (Å²) >= 11 is 8.17. The van der Waals surface area contributed by atoms with Gasteiger partial charge in [-0.1, -0.05) is 28.1 Å². The van der Waals surface area contributed by atoms with E-state index < -0.39 is 0 Å². The van der Waals surface area contributed by atoms with Gasteiger partial charge in [-0.05, 0) is 18.2 Å². The van der Waals surface area contributed by atoms with E-state index in [0.717, 1.165) is 4.47 Å². The number of hydrogen-bond donors (Lipinski definition) is 1. The number of ether oxygens (including phenoxy) is 1. The molecule has 0 fully saturated rings. The second kappa shape index (κ2) is 4.39. The first-order chi connectivity index (χ1) is 7.58. The lowest BCUT2D eigenvalue weighted by atomic mass is 10.2. The number of carbonyl (C=O) groups excluding carboxylic acids is 1. The number of benzene rings is 1. The monoisotopic (exact) mass is 300 g/mol. The van der Waals surface area contributed by atoms with E-state index in [-0.39, 0.29) is 24.0 Å². The highest BCUT2D eigenvalue weighted by Crippen LogP contribution is 2.34. The summed E-state index contributed by atoms with van der Waals surface area (Å²) in [6.45, 7) is 0.262. The van der Waals surface area contributed by atoms with E-state index in [1.54, 1.807) is 6.07 Å². The van der Waals surface area contributed by atoms with Crippen LogP contribution in [0.2, 0.25) is 0 Å². The molecule has 2 rings (SSSR count). The molecule has 0 saturated carbocycles. The van der Waals surface area contributed by atoms with E-state index in [1.807, 2.05) is 12.1 Å². The maximum atomic E-state index is 11.7. The van der Waals surface area contributed by atoms with Crippen LogP contribution in [0.1, 0.15) is 0 Å². The zero-order valence-corrected chi connectivity index (χ0v) is 10.7. The normalized spacial score (nSPS) is 14.3. The smallest absolute Gasteiger partial charge is 0.265 e. The van der Waals surface area contributed by atoms with Gasteiger partial charge in [0.25, 0.3) is 5.91 Å². The maximum Gasteiger partial charge on any atom is 0.265 e. The van der Waals surface area contributed by atoms with Gasteiger partial charge in [-0.15, -0.1) is 0 Å². The van der Waals surface area contributed by atoms with Gasteiger partial charge in [0.05, 0.1) is 17.2 Å². The van der Waals surface area contributed by atoms with E-state index >= 15 is 0 Å². The Morgan fingerprint density at radius 3 is 3.06 bits per heavy atom. The number of hydrogen-bond acceptors (Lipinski definition) is 3. The highest BCUT2D eigenvalue weighted by molar-refractivity contribution is 9.10. The van der Waals surface area contributed by atoms with E-state index in [4.69, 9.17) is 22.7 Å². The zero-order valence-electron chi connectivity index (χ0n) is 8.27. The average Bonchev–Trinajstić information content (AvgIpc) is 2.22. The molecule has 4 nitrogen and oxygen atoms in total. The molecule has 0 unspecified atom stereocenters. The Bertz CT molecular complexity index is 464. The first kappa shape index (κ1) is 11.3. The van der Waals surface area contributed by atoms with Crippen LogP contribution in [-0.4, -0.2) is 24.0 Å². The molecule has 1 amide bonds. The molecule has 0 aliphatic carbocycles. The lowest BCUT2D eigenvalue weighted by Crippen LogP contribution is -2.43.